The molecular weight excluding hydrogens is 314 g/mol. The van der Waals surface area contributed by atoms with Gasteiger partial charge in [-0.15, -0.1) is 0 Å². The fraction of sp³-hybridized carbons (Fsp3) is 0.294. The van der Waals surface area contributed by atoms with Crippen molar-refractivity contribution in [1.82, 2.24) is 10.3 Å². The number of aromatic nitrogens is 1. The molecule has 0 radical (unpaired) electrons. The topological polar surface area (TPSA) is 63.2 Å². The molecule has 1 aromatic carbocycles. The molecular formula is C17H18ClN3O2. The normalized spacial score (nSPS) is 21.0. The molecule has 1 saturated heterocycles. The van der Waals surface area contributed by atoms with Gasteiger partial charge in [-0.3, -0.25) is 4.79 Å². The van der Waals surface area contributed by atoms with Gasteiger partial charge in [-0.2, -0.15) is 0 Å². The Morgan fingerprint density at radius 2 is 2.04 bits per heavy atom. The summed E-state index contributed by atoms with van der Waals surface area (Å²) in [6.07, 6.45) is 1.70. The van der Waals surface area contributed by atoms with E-state index >= 15 is 0 Å². The van der Waals surface area contributed by atoms with Gasteiger partial charge in [0.25, 0.3) is 5.91 Å². The number of benzene rings is 1. The molecule has 0 bridgehead atoms. The number of carbonyl (C=O) groups is 1. The van der Waals surface area contributed by atoms with Crippen molar-refractivity contribution in [2.24, 2.45) is 0 Å². The van der Waals surface area contributed by atoms with Crippen LogP contribution < -0.4 is 10.6 Å². The molecule has 2 heterocycles. The summed E-state index contributed by atoms with van der Waals surface area (Å²) in [5.41, 5.74) is 2.29. The molecule has 0 aliphatic carbocycles. The van der Waals surface area contributed by atoms with Gasteiger partial charge in [0.2, 0.25) is 0 Å². The molecule has 6 heteroatoms. The van der Waals surface area contributed by atoms with E-state index in [9.17, 15) is 4.79 Å². The number of pyridine rings is 1. The maximum absolute atomic E-state index is 12.1. The van der Waals surface area contributed by atoms with E-state index in [4.69, 9.17) is 16.3 Å². The third-order valence-electron chi connectivity index (χ3n) is 3.69. The monoisotopic (exact) mass is 331 g/mol. The van der Waals surface area contributed by atoms with Gasteiger partial charge in [0.1, 0.15) is 5.15 Å². The van der Waals surface area contributed by atoms with Crippen molar-refractivity contribution in [2.45, 2.75) is 19.1 Å². The summed E-state index contributed by atoms with van der Waals surface area (Å²) in [6, 6.07) is 10.9. The molecule has 2 unspecified atom stereocenters. The number of ether oxygens (including phenoxy) is 1. The lowest BCUT2D eigenvalue weighted by molar-refractivity contribution is -0.0287. The van der Waals surface area contributed by atoms with Crippen molar-refractivity contribution in [2.75, 3.05) is 18.4 Å². The highest BCUT2D eigenvalue weighted by Gasteiger charge is 2.20. The molecule has 2 atom stereocenters. The lowest BCUT2D eigenvalue weighted by atomic mass is 10.1. The second-order valence-electron chi connectivity index (χ2n) is 5.54. The van der Waals surface area contributed by atoms with Crippen LogP contribution in [0.15, 0.2) is 42.6 Å². The van der Waals surface area contributed by atoms with E-state index < -0.39 is 0 Å². The fourth-order valence-electron chi connectivity index (χ4n) is 2.49. The Hall–Kier alpha value is -1.95. The number of morpholine rings is 1. The third-order valence-corrected chi connectivity index (χ3v) is 3.91. The molecule has 0 saturated carbocycles. The van der Waals surface area contributed by atoms with Crippen LogP contribution in [-0.2, 0) is 4.74 Å². The van der Waals surface area contributed by atoms with Gasteiger partial charge < -0.3 is 15.4 Å². The zero-order valence-corrected chi connectivity index (χ0v) is 13.5. The summed E-state index contributed by atoms with van der Waals surface area (Å²) in [5.74, 6) is -0.217. The highest BCUT2D eigenvalue weighted by Crippen LogP contribution is 2.23. The van der Waals surface area contributed by atoms with Crippen LogP contribution in [0, 0.1) is 0 Å². The quantitative estimate of drug-likeness (QED) is 0.849. The number of carbonyl (C=O) groups excluding carboxylic acids is 1. The summed E-state index contributed by atoms with van der Waals surface area (Å²) in [6.45, 7) is 3.72. The highest BCUT2D eigenvalue weighted by atomic mass is 35.5. The van der Waals surface area contributed by atoms with Gasteiger partial charge in [-0.05, 0) is 36.8 Å². The lowest BCUT2D eigenvalue weighted by Gasteiger charge is -2.29. The van der Waals surface area contributed by atoms with Crippen LogP contribution in [-0.4, -0.2) is 30.1 Å². The first-order chi connectivity index (χ1) is 11.1. The molecule has 1 fully saturated rings. The van der Waals surface area contributed by atoms with Crippen molar-refractivity contribution in [1.29, 1.82) is 0 Å². The standard InChI is InChI=1S/C17H18ClN3O2/c1-11-8-19-10-15(23-11)12-2-5-14(6-3-12)21-17(22)13-4-7-16(18)20-9-13/h2-7,9,11,15,19H,8,10H2,1H3,(H,21,22). The number of amides is 1. The van der Waals surface area contributed by atoms with Gasteiger partial charge in [0, 0.05) is 25.0 Å². The summed E-state index contributed by atoms with van der Waals surface area (Å²) in [7, 11) is 0. The Balaban J connectivity index is 1.65. The predicted molar refractivity (Wildman–Crippen MR) is 89.8 cm³/mol. The molecule has 23 heavy (non-hydrogen) atoms. The minimum Gasteiger partial charge on any atom is -0.368 e. The molecule has 3 rings (SSSR count). The Labute approximate surface area is 140 Å². The first-order valence-corrected chi connectivity index (χ1v) is 7.88. The van der Waals surface area contributed by atoms with Crippen molar-refractivity contribution >= 4 is 23.2 Å². The fourth-order valence-corrected chi connectivity index (χ4v) is 2.60. The summed E-state index contributed by atoms with van der Waals surface area (Å²) < 4.78 is 5.90. The SMILES string of the molecule is CC1CNCC(c2ccc(NC(=O)c3ccc(Cl)nc3)cc2)O1. The van der Waals surface area contributed by atoms with Gasteiger partial charge >= 0.3 is 0 Å². The first kappa shape index (κ1) is 15.9. The Morgan fingerprint density at radius 1 is 1.26 bits per heavy atom. The van der Waals surface area contributed by atoms with Crippen molar-refractivity contribution in [3.05, 3.63) is 58.9 Å². The molecule has 1 amide bonds. The number of nitrogens with zero attached hydrogens (tertiary/aromatic N) is 1. The molecule has 120 valence electrons. The number of rotatable bonds is 3. The zero-order valence-electron chi connectivity index (χ0n) is 12.8. The van der Waals surface area contributed by atoms with Gasteiger partial charge in [0.05, 0.1) is 17.8 Å². The van der Waals surface area contributed by atoms with E-state index in [1.807, 2.05) is 31.2 Å². The number of hydrogen-bond donors (Lipinski definition) is 2. The maximum Gasteiger partial charge on any atom is 0.257 e. The van der Waals surface area contributed by atoms with Gasteiger partial charge in [-0.25, -0.2) is 4.98 Å². The smallest absolute Gasteiger partial charge is 0.257 e. The third kappa shape index (κ3) is 4.07. The molecule has 2 N–H and O–H groups in total. The average Bonchev–Trinajstić information content (AvgIpc) is 2.56. The first-order valence-electron chi connectivity index (χ1n) is 7.51. The van der Waals surface area contributed by atoms with E-state index in [0.29, 0.717) is 10.7 Å². The molecule has 2 aromatic rings. The molecule has 0 spiro atoms. The zero-order chi connectivity index (χ0) is 16.2. The van der Waals surface area contributed by atoms with Crippen LogP contribution >= 0.6 is 11.6 Å². The van der Waals surface area contributed by atoms with Crippen LogP contribution in [0.1, 0.15) is 28.9 Å². The molecule has 1 aliphatic heterocycles. The van der Waals surface area contributed by atoms with E-state index in [2.05, 4.69) is 15.6 Å². The van der Waals surface area contributed by atoms with Crippen LogP contribution in [0.4, 0.5) is 5.69 Å². The maximum atomic E-state index is 12.1. The summed E-state index contributed by atoms with van der Waals surface area (Å²) in [4.78, 5) is 16.0. The second kappa shape index (κ2) is 7.08. The van der Waals surface area contributed by atoms with Crippen LogP contribution in [0.5, 0.6) is 0 Å². The van der Waals surface area contributed by atoms with E-state index in [1.165, 1.54) is 6.20 Å². The van der Waals surface area contributed by atoms with E-state index in [0.717, 1.165) is 24.3 Å². The minimum atomic E-state index is -0.217. The number of anilines is 1. The van der Waals surface area contributed by atoms with E-state index in [-0.39, 0.29) is 18.1 Å². The molecule has 5 nitrogen and oxygen atoms in total. The number of hydrogen-bond acceptors (Lipinski definition) is 4. The van der Waals surface area contributed by atoms with Crippen molar-refractivity contribution in [3.8, 4) is 0 Å². The number of nitrogens with one attached hydrogen (secondary N) is 2. The minimum absolute atomic E-state index is 0.0453. The largest absolute Gasteiger partial charge is 0.368 e. The Kier molecular flexibility index (Phi) is 4.91. The van der Waals surface area contributed by atoms with Crippen molar-refractivity contribution < 1.29 is 9.53 Å². The van der Waals surface area contributed by atoms with Crippen molar-refractivity contribution in [3.63, 3.8) is 0 Å². The van der Waals surface area contributed by atoms with E-state index in [1.54, 1.807) is 12.1 Å². The lowest BCUT2D eigenvalue weighted by Crippen LogP contribution is -2.38. The predicted octanol–water partition coefficient (Wildman–Crippen LogP) is 3.04. The Bertz CT molecular complexity index is 673. The number of halogens is 1. The van der Waals surface area contributed by atoms with Gasteiger partial charge in [-0.1, -0.05) is 23.7 Å². The molecule has 1 aliphatic rings. The van der Waals surface area contributed by atoms with Crippen LogP contribution in [0.25, 0.3) is 0 Å². The van der Waals surface area contributed by atoms with Crippen LogP contribution in [0.2, 0.25) is 5.15 Å². The summed E-state index contributed by atoms with van der Waals surface area (Å²) in [5, 5.41) is 6.54. The van der Waals surface area contributed by atoms with Gasteiger partial charge in [0.15, 0.2) is 0 Å². The molecule has 1 aromatic heterocycles. The summed E-state index contributed by atoms with van der Waals surface area (Å²) >= 11 is 5.72. The Morgan fingerprint density at radius 3 is 2.70 bits per heavy atom. The highest BCUT2D eigenvalue weighted by molar-refractivity contribution is 6.29. The average molecular weight is 332 g/mol. The van der Waals surface area contributed by atoms with Crippen LogP contribution in [0.3, 0.4) is 0 Å². The second-order valence-corrected chi connectivity index (χ2v) is 5.93.